The van der Waals surface area contributed by atoms with E-state index in [1.165, 1.54) is 12.8 Å². The molecule has 5 nitrogen and oxygen atoms in total. The van der Waals surface area contributed by atoms with Gasteiger partial charge in [-0.15, -0.1) is 0 Å². The molecular weight excluding hydrogens is 228 g/mol. The van der Waals surface area contributed by atoms with Gasteiger partial charge in [0.2, 0.25) is 0 Å². The lowest BCUT2D eigenvalue weighted by atomic mass is 10.1. The molecule has 1 aliphatic rings. The minimum absolute atomic E-state index is 0.0813. The van der Waals surface area contributed by atoms with E-state index >= 15 is 0 Å². The van der Waals surface area contributed by atoms with Crippen molar-refractivity contribution in [3.63, 3.8) is 0 Å². The molecule has 3 N–H and O–H groups in total. The van der Waals surface area contributed by atoms with Crippen molar-refractivity contribution in [1.29, 1.82) is 0 Å². The van der Waals surface area contributed by atoms with E-state index in [4.69, 9.17) is 10.9 Å². The van der Waals surface area contributed by atoms with Crippen LogP contribution in [0.15, 0.2) is 23.5 Å². The highest BCUT2D eigenvalue weighted by molar-refractivity contribution is 5.96. The molecule has 0 unspecified atom stereocenters. The van der Waals surface area contributed by atoms with Crippen LogP contribution < -0.4 is 5.73 Å². The molecule has 1 aromatic rings. The molecule has 1 aromatic heterocycles. The SMILES string of the molecule is CCCN(Cc1cccnc1/C(N)=N/O)C1CC1. The minimum Gasteiger partial charge on any atom is -0.409 e. The summed E-state index contributed by atoms with van der Waals surface area (Å²) in [6.07, 6.45) is 5.35. The monoisotopic (exact) mass is 248 g/mol. The average Bonchev–Trinajstić information content (AvgIpc) is 3.22. The fraction of sp³-hybridized carbons (Fsp3) is 0.538. The zero-order valence-corrected chi connectivity index (χ0v) is 10.7. The topological polar surface area (TPSA) is 74.7 Å². The Kier molecular flexibility index (Phi) is 4.15. The summed E-state index contributed by atoms with van der Waals surface area (Å²) in [4.78, 5) is 6.65. The van der Waals surface area contributed by atoms with Gasteiger partial charge in [-0.2, -0.15) is 0 Å². The number of pyridine rings is 1. The van der Waals surface area contributed by atoms with Crippen LogP contribution in [0.1, 0.15) is 37.4 Å². The summed E-state index contributed by atoms with van der Waals surface area (Å²) in [5.41, 5.74) is 7.26. The zero-order valence-electron chi connectivity index (χ0n) is 10.7. The highest BCUT2D eigenvalue weighted by Crippen LogP contribution is 2.28. The number of amidine groups is 1. The molecule has 0 bridgehead atoms. The van der Waals surface area contributed by atoms with Gasteiger partial charge in [-0.25, -0.2) is 0 Å². The van der Waals surface area contributed by atoms with Crippen LogP contribution >= 0.6 is 0 Å². The number of hydrogen-bond acceptors (Lipinski definition) is 4. The van der Waals surface area contributed by atoms with Crippen LogP contribution in [0, 0.1) is 0 Å². The Bertz CT molecular complexity index is 429. The van der Waals surface area contributed by atoms with E-state index in [2.05, 4.69) is 22.0 Å². The molecule has 0 amide bonds. The van der Waals surface area contributed by atoms with Crippen molar-refractivity contribution in [1.82, 2.24) is 9.88 Å². The molecule has 2 rings (SSSR count). The first kappa shape index (κ1) is 12.8. The molecule has 0 saturated heterocycles. The first-order valence-corrected chi connectivity index (χ1v) is 6.42. The van der Waals surface area contributed by atoms with E-state index in [1.54, 1.807) is 6.20 Å². The second-order valence-corrected chi connectivity index (χ2v) is 4.70. The molecule has 1 heterocycles. The van der Waals surface area contributed by atoms with Gasteiger partial charge in [-0.05, 0) is 37.4 Å². The van der Waals surface area contributed by atoms with Gasteiger partial charge in [-0.1, -0.05) is 18.1 Å². The van der Waals surface area contributed by atoms with Crippen molar-refractivity contribution in [2.75, 3.05) is 6.54 Å². The van der Waals surface area contributed by atoms with Gasteiger partial charge < -0.3 is 10.9 Å². The third kappa shape index (κ3) is 2.98. The van der Waals surface area contributed by atoms with Crippen LogP contribution in [0.25, 0.3) is 0 Å². The summed E-state index contributed by atoms with van der Waals surface area (Å²) in [5, 5.41) is 11.8. The maximum absolute atomic E-state index is 8.78. The van der Waals surface area contributed by atoms with Crippen LogP contribution in [-0.2, 0) is 6.54 Å². The smallest absolute Gasteiger partial charge is 0.189 e. The fourth-order valence-corrected chi connectivity index (χ4v) is 2.18. The van der Waals surface area contributed by atoms with Crippen LogP contribution in [0.4, 0.5) is 0 Å². The quantitative estimate of drug-likeness (QED) is 0.347. The van der Waals surface area contributed by atoms with Crippen molar-refractivity contribution in [2.45, 2.75) is 38.8 Å². The summed E-state index contributed by atoms with van der Waals surface area (Å²) in [6.45, 7) is 4.08. The van der Waals surface area contributed by atoms with Gasteiger partial charge >= 0.3 is 0 Å². The van der Waals surface area contributed by atoms with E-state index in [1.807, 2.05) is 12.1 Å². The number of nitrogens with zero attached hydrogens (tertiary/aromatic N) is 3. The van der Waals surface area contributed by atoms with Gasteiger partial charge in [0, 0.05) is 18.8 Å². The lowest BCUT2D eigenvalue weighted by Gasteiger charge is -2.22. The average molecular weight is 248 g/mol. The zero-order chi connectivity index (χ0) is 13.0. The molecule has 0 radical (unpaired) electrons. The predicted molar refractivity (Wildman–Crippen MR) is 70.5 cm³/mol. The molecule has 18 heavy (non-hydrogen) atoms. The number of hydrogen-bond donors (Lipinski definition) is 2. The van der Waals surface area contributed by atoms with Crippen molar-refractivity contribution < 1.29 is 5.21 Å². The van der Waals surface area contributed by atoms with Crippen LogP contribution in [0.5, 0.6) is 0 Å². The van der Waals surface area contributed by atoms with Gasteiger partial charge in [0.25, 0.3) is 0 Å². The highest BCUT2D eigenvalue weighted by Gasteiger charge is 2.28. The second kappa shape index (κ2) is 5.82. The summed E-state index contributed by atoms with van der Waals surface area (Å²) in [7, 11) is 0. The maximum Gasteiger partial charge on any atom is 0.189 e. The van der Waals surface area contributed by atoms with E-state index in [0.29, 0.717) is 11.7 Å². The minimum atomic E-state index is 0.0813. The van der Waals surface area contributed by atoms with Crippen LogP contribution in [-0.4, -0.2) is 33.5 Å². The standard InChI is InChI=1S/C13H20N4O/c1-2-8-17(11-5-6-11)9-10-4-3-7-15-12(10)13(14)16-18/h3-4,7,11,18H,2,5-6,8-9H2,1H3,(H2,14,16). The van der Waals surface area contributed by atoms with Crippen molar-refractivity contribution in [3.05, 3.63) is 29.6 Å². The van der Waals surface area contributed by atoms with Crippen molar-refractivity contribution in [3.8, 4) is 0 Å². The molecule has 1 aliphatic carbocycles. The summed E-state index contributed by atoms with van der Waals surface area (Å²) >= 11 is 0. The van der Waals surface area contributed by atoms with Crippen molar-refractivity contribution >= 4 is 5.84 Å². The fourth-order valence-electron chi connectivity index (χ4n) is 2.18. The lowest BCUT2D eigenvalue weighted by Crippen LogP contribution is -2.28. The lowest BCUT2D eigenvalue weighted by molar-refractivity contribution is 0.255. The number of oxime groups is 1. The maximum atomic E-state index is 8.78. The first-order chi connectivity index (χ1) is 8.76. The van der Waals surface area contributed by atoms with Gasteiger partial charge in [0.05, 0.1) is 0 Å². The predicted octanol–water partition coefficient (Wildman–Crippen LogP) is 1.55. The molecule has 0 atom stereocenters. The van der Waals surface area contributed by atoms with Gasteiger partial charge in [0.1, 0.15) is 5.69 Å². The normalized spacial score (nSPS) is 16.2. The van der Waals surface area contributed by atoms with E-state index < -0.39 is 0 Å². The third-order valence-corrected chi connectivity index (χ3v) is 3.19. The molecule has 0 spiro atoms. The summed E-state index contributed by atoms with van der Waals surface area (Å²) in [6, 6.07) is 4.58. The largest absolute Gasteiger partial charge is 0.409 e. The first-order valence-electron chi connectivity index (χ1n) is 6.42. The van der Waals surface area contributed by atoms with Gasteiger partial charge in [-0.3, -0.25) is 9.88 Å². The Morgan fingerprint density at radius 2 is 2.39 bits per heavy atom. The number of rotatable bonds is 6. The Morgan fingerprint density at radius 3 is 3.00 bits per heavy atom. The molecular formula is C13H20N4O. The van der Waals surface area contributed by atoms with Crippen molar-refractivity contribution in [2.24, 2.45) is 10.9 Å². The molecule has 1 fully saturated rings. The Labute approximate surface area is 107 Å². The third-order valence-electron chi connectivity index (χ3n) is 3.19. The molecule has 0 aromatic carbocycles. The van der Waals surface area contributed by atoms with Crippen LogP contribution in [0.2, 0.25) is 0 Å². The van der Waals surface area contributed by atoms with Gasteiger partial charge in [0.15, 0.2) is 5.84 Å². The molecule has 0 aliphatic heterocycles. The molecule has 98 valence electrons. The second-order valence-electron chi connectivity index (χ2n) is 4.70. The number of aromatic nitrogens is 1. The Hall–Kier alpha value is -1.62. The molecule has 5 heteroatoms. The summed E-state index contributed by atoms with van der Waals surface area (Å²) in [5.74, 6) is 0.0813. The van der Waals surface area contributed by atoms with E-state index in [-0.39, 0.29) is 5.84 Å². The van der Waals surface area contributed by atoms with E-state index in [0.717, 1.165) is 25.1 Å². The Balaban J connectivity index is 2.16. The summed E-state index contributed by atoms with van der Waals surface area (Å²) < 4.78 is 0. The molecule has 1 saturated carbocycles. The highest BCUT2D eigenvalue weighted by atomic mass is 16.4. The number of nitrogens with two attached hydrogens (primary N) is 1. The Morgan fingerprint density at radius 1 is 1.61 bits per heavy atom. The van der Waals surface area contributed by atoms with Crippen LogP contribution in [0.3, 0.4) is 0 Å². The van der Waals surface area contributed by atoms with E-state index in [9.17, 15) is 0 Å².